The highest BCUT2D eigenvalue weighted by atomic mass is 19.1. The van der Waals surface area contributed by atoms with E-state index in [1.807, 2.05) is 4.90 Å². The number of nitrogens with zero attached hydrogens (tertiary/aromatic N) is 1. The number of carboxylic acids is 1. The van der Waals surface area contributed by atoms with Gasteiger partial charge in [-0.15, -0.1) is 0 Å². The minimum absolute atomic E-state index is 0.0180. The average molecular weight is 267 g/mol. The maximum atomic E-state index is 13.9. The third-order valence-corrected chi connectivity index (χ3v) is 3.55. The van der Waals surface area contributed by atoms with E-state index < -0.39 is 11.8 Å². The molecule has 0 radical (unpaired) electrons. The number of halogens is 1. The largest absolute Gasteiger partial charge is 0.478 e. The SMILES string of the molecule is COCC1CCN(c2ccc(C(=O)O)cc2F)CC1. The Labute approximate surface area is 111 Å². The molecule has 1 saturated heterocycles. The minimum atomic E-state index is -1.11. The van der Waals surface area contributed by atoms with Crippen LogP contribution in [0.2, 0.25) is 0 Å². The van der Waals surface area contributed by atoms with E-state index in [0.717, 1.165) is 38.6 Å². The van der Waals surface area contributed by atoms with Crippen molar-refractivity contribution in [2.45, 2.75) is 12.8 Å². The zero-order valence-corrected chi connectivity index (χ0v) is 10.9. The molecule has 1 aliphatic rings. The molecule has 1 fully saturated rings. The molecular weight excluding hydrogens is 249 g/mol. The smallest absolute Gasteiger partial charge is 0.335 e. The molecule has 1 aromatic rings. The van der Waals surface area contributed by atoms with E-state index in [9.17, 15) is 9.18 Å². The molecular formula is C14H18FNO3. The van der Waals surface area contributed by atoms with Crippen LogP contribution in [0.1, 0.15) is 23.2 Å². The zero-order chi connectivity index (χ0) is 13.8. The first-order chi connectivity index (χ1) is 9.11. The van der Waals surface area contributed by atoms with Crippen LogP contribution in [0.3, 0.4) is 0 Å². The summed E-state index contributed by atoms with van der Waals surface area (Å²) in [6.45, 7) is 2.29. The summed E-state index contributed by atoms with van der Waals surface area (Å²) in [7, 11) is 1.69. The topological polar surface area (TPSA) is 49.8 Å². The number of benzene rings is 1. The van der Waals surface area contributed by atoms with Gasteiger partial charge in [-0.3, -0.25) is 0 Å². The third kappa shape index (κ3) is 3.23. The van der Waals surface area contributed by atoms with Crippen molar-refractivity contribution in [1.29, 1.82) is 0 Å². The first-order valence-electron chi connectivity index (χ1n) is 6.38. The minimum Gasteiger partial charge on any atom is -0.478 e. The molecule has 5 heteroatoms. The van der Waals surface area contributed by atoms with E-state index in [-0.39, 0.29) is 5.56 Å². The van der Waals surface area contributed by atoms with E-state index in [1.54, 1.807) is 13.2 Å². The van der Waals surface area contributed by atoms with Crippen molar-refractivity contribution in [1.82, 2.24) is 0 Å². The fourth-order valence-corrected chi connectivity index (χ4v) is 2.47. The summed E-state index contributed by atoms with van der Waals surface area (Å²) < 4.78 is 19.0. The second kappa shape index (κ2) is 6.02. The van der Waals surface area contributed by atoms with Crippen molar-refractivity contribution in [3.63, 3.8) is 0 Å². The van der Waals surface area contributed by atoms with Crippen molar-refractivity contribution in [2.75, 3.05) is 31.7 Å². The molecule has 1 heterocycles. The lowest BCUT2D eigenvalue weighted by Crippen LogP contribution is -2.35. The maximum absolute atomic E-state index is 13.9. The van der Waals surface area contributed by atoms with Gasteiger partial charge in [0.25, 0.3) is 0 Å². The van der Waals surface area contributed by atoms with Gasteiger partial charge < -0.3 is 14.7 Å². The maximum Gasteiger partial charge on any atom is 0.335 e. The zero-order valence-electron chi connectivity index (χ0n) is 10.9. The second-order valence-corrected chi connectivity index (χ2v) is 4.86. The summed E-state index contributed by atoms with van der Waals surface area (Å²) in [5.41, 5.74) is 0.469. The van der Waals surface area contributed by atoms with Gasteiger partial charge in [0, 0.05) is 26.8 Å². The number of ether oxygens (including phenoxy) is 1. The van der Waals surface area contributed by atoms with E-state index >= 15 is 0 Å². The average Bonchev–Trinajstić information content (AvgIpc) is 2.40. The van der Waals surface area contributed by atoms with Crippen molar-refractivity contribution >= 4 is 11.7 Å². The molecule has 4 nitrogen and oxygen atoms in total. The summed E-state index contributed by atoms with van der Waals surface area (Å²) in [6, 6.07) is 4.08. The van der Waals surface area contributed by atoms with Crippen LogP contribution < -0.4 is 4.90 Å². The standard InChI is InChI=1S/C14H18FNO3/c1-19-9-10-4-6-16(7-5-10)13-3-2-11(14(17)18)8-12(13)15/h2-3,8,10H,4-7,9H2,1H3,(H,17,18). The molecule has 0 unspecified atom stereocenters. The first kappa shape index (κ1) is 13.8. The third-order valence-electron chi connectivity index (χ3n) is 3.55. The number of rotatable bonds is 4. The van der Waals surface area contributed by atoms with Crippen LogP contribution in [0.4, 0.5) is 10.1 Å². The van der Waals surface area contributed by atoms with Gasteiger partial charge in [0.1, 0.15) is 5.82 Å². The molecule has 0 spiro atoms. The van der Waals surface area contributed by atoms with Crippen LogP contribution in [-0.2, 0) is 4.74 Å². The molecule has 1 aliphatic heterocycles. The van der Waals surface area contributed by atoms with Crippen LogP contribution >= 0.6 is 0 Å². The van der Waals surface area contributed by atoms with Crippen LogP contribution in [0.15, 0.2) is 18.2 Å². The molecule has 0 atom stereocenters. The summed E-state index contributed by atoms with van der Waals surface area (Å²) in [5, 5.41) is 8.81. The number of aromatic carboxylic acids is 1. The highest BCUT2D eigenvalue weighted by Gasteiger charge is 2.21. The van der Waals surface area contributed by atoms with Gasteiger partial charge in [-0.1, -0.05) is 0 Å². The van der Waals surface area contributed by atoms with Crippen LogP contribution in [0, 0.1) is 11.7 Å². The summed E-state index contributed by atoms with van der Waals surface area (Å²) in [6.07, 6.45) is 1.93. The summed E-state index contributed by atoms with van der Waals surface area (Å²) in [5.74, 6) is -1.04. The molecule has 2 rings (SSSR count). The number of carboxylic acid groups (broad SMARTS) is 1. The lowest BCUT2D eigenvalue weighted by molar-refractivity contribution is 0.0696. The van der Waals surface area contributed by atoms with Crippen molar-refractivity contribution in [3.8, 4) is 0 Å². The molecule has 0 saturated carbocycles. The van der Waals surface area contributed by atoms with Gasteiger partial charge in [-0.25, -0.2) is 9.18 Å². The number of hydrogen-bond donors (Lipinski definition) is 1. The quantitative estimate of drug-likeness (QED) is 0.910. The Hall–Kier alpha value is -1.62. The van der Waals surface area contributed by atoms with Crippen LogP contribution in [-0.4, -0.2) is 37.9 Å². The Morgan fingerprint density at radius 3 is 2.68 bits per heavy atom. The molecule has 19 heavy (non-hydrogen) atoms. The Morgan fingerprint density at radius 2 is 2.16 bits per heavy atom. The van der Waals surface area contributed by atoms with E-state index in [0.29, 0.717) is 11.6 Å². The van der Waals surface area contributed by atoms with Gasteiger partial charge in [-0.2, -0.15) is 0 Å². The predicted octanol–water partition coefficient (Wildman–Crippen LogP) is 2.39. The number of methoxy groups -OCH3 is 1. The Bertz CT molecular complexity index is 456. The number of piperidine rings is 1. The molecule has 1 N–H and O–H groups in total. The Kier molecular flexibility index (Phi) is 4.37. The predicted molar refractivity (Wildman–Crippen MR) is 70.2 cm³/mol. The second-order valence-electron chi connectivity index (χ2n) is 4.86. The monoisotopic (exact) mass is 267 g/mol. The van der Waals surface area contributed by atoms with Gasteiger partial charge >= 0.3 is 5.97 Å². The molecule has 0 aliphatic carbocycles. The fourth-order valence-electron chi connectivity index (χ4n) is 2.47. The van der Waals surface area contributed by atoms with Gasteiger partial charge in [0.05, 0.1) is 11.3 Å². The van der Waals surface area contributed by atoms with Crippen molar-refractivity contribution in [3.05, 3.63) is 29.6 Å². The highest BCUT2D eigenvalue weighted by Crippen LogP contribution is 2.26. The fraction of sp³-hybridized carbons (Fsp3) is 0.500. The van der Waals surface area contributed by atoms with E-state index in [2.05, 4.69) is 0 Å². The highest BCUT2D eigenvalue weighted by molar-refractivity contribution is 5.88. The molecule has 1 aromatic carbocycles. The van der Waals surface area contributed by atoms with Gasteiger partial charge in [-0.05, 0) is 37.0 Å². The molecule has 0 aromatic heterocycles. The van der Waals surface area contributed by atoms with Crippen LogP contribution in [0.25, 0.3) is 0 Å². The van der Waals surface area contributed by atoms with Crippen molar-refractivity contribution < 1.29 is 19.0 Å². The lowest BCUT2D eigenvalue weighted by atomic mass is 9.97. The number of carbonyl (C=O) groups is 1. The number of hydrogen-bond acceptors (Lipinski definition) is 3. The molecule has 0 bridgehead atoms. The van der Waals surface area contributed by atoms with Crippen LogP contribution in [0.5, 0.6) is 0 Å². The Morgan fingerprint density at radius 1 is 1.47 bits per heavy atom. The van der Waals surface area contributed by atoms with Gasteiger partial charge in [0.15, 0.2) is 0 Å². The summed E-state index contributed by atoms with van der Waals surface area (Å²) >= 11 is 0. The lowest BCUT2D eigenvalue weighted by Gasteiger charge is -2.33. The summed E-state index contributed by atoms with van der Waals surface area (Å²) in [4.78, 5) is 12.7. The number of anilines is 1. The van der Waals surface area contributed by atoms with E-state index in [1.165, 1.54) is 6.07 Å². The van der Waals surface area contributed by atoms with Crippen molar-refractivity contribution in [2.24, 2.45) is 5.92 Å². The first-order valence-corrected chi connectivity index (χ1v) is 6.38. The van der Waals surface area contributed by atoms with Gasteiger partial charge in [0.2, 0.25) is 0 Å². The molecule has 0 amide bonds. The Balaban J connectivity index is 2.05. The molecule has 104 valence electrons. The normalized spacial score (nSPS) is 16.6. The van der Waals surface area contributed by atoms with E-state index in [4.69, 9.17) is 9.84 Å².